The predicted molar refractivity (Wildman–Crippen MR) is 110 cm³/mol. The number of esters is 1. The van der Waals surface area contributed by atoms with Gasteiger partial charge in [-0.3, -0.25) is 4.79 Å². The first kappa shape index (κ1) is 18.4. The summed E-state index contributed by atoms with van der Waals surface area (Å²) in [5, 5.41) is 7.68. The number of methoxy groups -OCH3 is 1. The standard InChI is InChI=1S/C23H18N2O4/c1-14-3-5-15(6-4-14)21-19-13-17(9-12-20(19)25-29-21)22(26)24-18-10-7-16(8-11-18)23(27)28-2/h3-13H,1-2H3,(H,24,26). The lowest BCUT2D eigenvalue weighted by Crippen LogP contribution is -2.12. The molecule has 0 fully saturated rings. The van der Waals surface area contributed by atoms with Gasteiger partial charge >= 0.3 is 5.97 Å². The molecule has 4 rings (SSSR count). The molecule has 144 valence electrons. The monoisotopic (exact) mass is 386 g/mol. The Balaban J connectivity index is 1.60. The molecular weight excluding hydrogens is 368 g/mol. The van der Waals surface area contributed by atoms with Crippen LogP contribution in [0.1, 0.15) is 26.3 Å². The normalized spacial score (nSPS) is 10.7. The number of amides is 1. The average molecular weight is 386 g/mol. The Hall–Kier alpha value is -3.93. The summed E-state index contributed by atoms with van der Waals surface area (Å²) >= 11 is 0. The zero-order chi connectivity index (χ0) is 20.4. The van der Waals surface area contributed by atoms with Gasteiger partial charge in [0.1, 0.15) is 5.52 Å². The number of anilines is 1. The van der Waals surface area contributed by atoms with Crippen molar-refractivity contribution in [3.63, 3.8) is 0 Å². The van der Waals surface area contributed by atoms with E-state index in [1.54, 1.807) is 42.5 Å². The quantitative estimate of drug-likeness (QED) is 0.508. The van der Waals surface area contributed by atoms with Gasteiger partial charge in [-0.25, -0.2) is 4.79 Å². The number of rotatable bonds is 4. The smallest absolute Gasteiger partial charge is 0.337 e. The molecule has 3 aromatic carbocycles. The van der Waals surface area contributed by atoms with Gasteiger partial charge in [0, 0.05) is 16.8 Å². The fourth-order valence-corrected chi connectivity index (χ4v) is 3.01. The van der Waals surface area contributed by atoms with Crippen LogP contribution in [0.25, 0.3) is 22.2 Å². The van der Waals surface area contributed by atoms with Gasteiger partial charge in [-0.2, -0.15) is 0 Å². The molecule has 0 aliphatic carbocycles. The average Bonchev–Trinajstić information content (AvgIpc) is 3.17. The Morgan fingerprint density at radius 2 is 1.62 bits per heavy atom. The summed E-state index contributed by atoms with van der Waals surface area (Å²) in [5.74, 6) is -0.0738. The van der Waals surface area contributed by atoms with Gasteiger partial charge in [-0.1, -0.05) is 35.0 Å². The number of hydrogen-bond acceptors (Lipinski definition) is 5. The van der Waals surface area contributed by atoms with Gasteiger partial charge in [-0.05, 0) is 49.4 Å². The van der Waals surface area contributed by atoms with Gasteiger partial charge in [0.15, 0.2) is 5.76 Å². The molecule has 0 saturated carbocycles. The van der Waals surface area contributed by atoms with Crippen LogP contribution in [0.15, 0.2) is 71.3 Å². The first-order valence-corrected chi connectivity index (χ1v) is 9.01. The summed E-state index contributed by atoms with van der Waals surface area (Å²) in [6.45, 7) is 2.02. The SMILES string of the molecule is COC(=O)c1ccc(NC(=O)c2ccc3noc(-c4ccc(C)cc4)c3c2)cc1. The minimum absolute atomic E-state index is 0.270. The van der Waals surface area contributed by atoms with Gasteiger partial charge < -0.3 is 14.6 Å². The molecule has 0 aliphatic heterocycles. The highest BCUT2D eigenvalue weighted by Crippen LogP contribution is 2.29. The van der Waals surface area contributed by atoms with E-state index in [0.717, 1.165) is 16.5 Å². The molecule has 1 aromatic heterocycles. The minimum Gasteiger partial charge on any atom is -0.465 e. The lowest BCUT2D eigenvalue weighted by molar-refractivity contribution is 0.0600. The van der Waals surface area contributed by atoms with Crippen LogP contribution in [0.4, 0.5) is 5.69 Å². The molecule has 0 unspecified atom stereocenters. The van der Waals surface area contributed by atoms with E-state index in [1.165, 1.54) is 7.11 Å². The van der Waals surface area contributed by atoms with Crippen molar-refractivity contribution in [2.24, 2.45) is 0 Å². The van der Waals surface area contributed by atoms with Gasteiger partial charge in [-0.15, -0.1) is 0 Å². The Morgan fingerprint density at radius 3 is 2.31 bits per heavy atom. The van der Waals surface area contributed by atoms with E-state index < -0.39 is 5.97 Å². The van der Waals surface area contributed by atoms with E-state index >= 15 is 0 Å². The van der Waals surface area contributed by atoms with E-state index in [-0.39, 0.29) is 5.91 Å². The van der Waals surface area contributed by atoms with Gasteiger partial charge in [0.2, 0.25) is 0 Å². The summed E-state index contributed by atoms with van der Waals surface area (Å²) in [5.41, 5.74) is 4.20. The third-order valence-corrected chi connectivity index (χ3v) is 4.62. The molecule has 0 atom stereocenters. The fourth-order valence-electron chi connectivity index (χ4n) is 3.01. The van der Waals surface area contributed by atoms with Crippen molar-refractivity contribution >= 4 is 28.5 Å². The third kappa shape index (κ3) is 3.73. The molecule has 1 N–H and O–H groups in total. The molecule has 6 heteroatoms. The van der Waals surface area contributed by atoms with Crippen LogP contribution >= 0.6 is 0 Å². The van der Waals surface area contributed by atoms with Crippen molar-refractivity contribution in [3.8, 4) is 11.3 Å². The molecular formula is C23H18N2O4. The number of fused-ring (bicyclic) bond motifs is 1. The Morgan fingerprint density at radius 1 is 0.931 bits per heavy atom. The van der Waals surface area contributed by atoms with Crippen LogP contribution < -0.4 is 5.32 Å². The summed E-state index contributed by atoms with van der Waals surface area (Å²) in [7, 11) is 1.32. The minimum atomic E-state index is -0.426. The second-order valence-corrected chi connectivity index (χ2v) is 6.63. The fraction of sp³-hybridized carbons (Fsp3) is 0.0870. The van der Waals surface area contributed by atoms with E-state index in [2.05, 4.69) is 15.2 Å². The molecule has 1 amide bonds. The number of benzene rings is 3. The Bertz CT molecular complexity index is 1190. The van der Waals surface area contributed by atoms with Crippen molar-refractivity contribution in [1.29, 1.82) is 0 Å². The molecule has 0 spiro atoms. The van der Waals surface area contributed by atoms with E-state index in [4.69, 9.17) is 4.52 Å². The summed E-state index contributed by atoms with van der Waals surface area (Å²) in [6.07, 6.45) is 0. The number of nitrogens with one attached hydrogen (secondary N) is 1. The van der Waals surface area contributed by atoms with Crippen LogP contribution in [-0.4, -0.2) is 24.1 Å². The summed E-state index contributed by atoms with van der Waals surface area (Å²) in [6, 6.07) is 19.6. The largest absolute Gasteiger partial charge is 0.465 e. The van der Waals surface area contributed by atoms with Crippen LogP contribution in [-0.2, 0) is 4.74 Å². The third-order valence-electron chi connectivity index (χ3n) is 4.62. The van der Waals surface area contributed by atoms with Gasteiger partial charge in [0.25, 0.3) is 5.91 Å². The lowest BCUT2D eigenvalue weighted by atomic mass is 10.0. The van der Waals surface area contributed by atoms with Crippen molar-refractivity contribution in [1.82, 2.24) is 5.16 Å². The predicted octanol–water partition coefficient (Wildman–Crippen LogP) is 4.84. The second-order valence-electron chi connectivity index (χ2n) is 6.63. The maximum absolute atomic E-state index is 12.7. The van der Waals surface area contributed by atoms with Crippen LogP contribution in [0.5, 0.6) is 0 Å². The Kier molecular flexibility index (Phi) is 4.83. The highest BCUT2D eigenvalue weighted by Gasteiger charge is 2.14. The maximum Gasteiger partial charge on any atom is 0.337 e. The maximum atomic E-state index is 12.7. The zero-order valence-corrected chi connectivity index (χ0v) is 15.9. The first-order chi connectivity index (χ1) is 14.0. The number of hydrogen-bond donors (Lipinski definition) is 1. The first-order valence-electron chi connectivity index (χ1n) is 9.01. The van der Waals surface area contributed by atoms with Crippen LogP contribution in [0.3, 0.4) is 0 Å². The number of nitrogens with zero attached hydrogens (tertiary/aromatic N) is 1. The molecule has 4 aromatic rings. The van der Waals surface area contributed by atoms with Crippen molar-refractivity contribution < 1.29 is 18.8 Å². The zero-order valence-electron chi connectivity index (χ0n) is 15.9. The molecule has 0 saturated heterocycles. The van der Waals surface area contributed by atoms with Crippen molar-refractivity contribution in [2.45, 2.75) is 6.92 Å². The summed E-state index contributed by atoms with van der Waals surface area (Å²) < 4.78 is 10.2. The number of aromatic nitrogens is 1. The van der Waals surface area contributed by atoms with Crippen LogP contribution in [0.2, 0.25) is 0 Å². The topological polar surface area (TPSA) is 81.4 Å². The Labute approximate surface area is 167 Å². The van der Waals surface area contributed by atoms with E-state index in [0.29, 0.717) is 28.1 Å². The highest BCUT2D eigenvalue weighted by atomic mass is 16.5. The highest BCUT2D eigenvalue weighted by molar-refractivity contribution is 6.07. The second kappa shape index (κ2) is 7.59. The molecule has 29 heavy (non-hydrogen) atoms. The van der Waals surface area contributed by atoms with E-state index in [9.17, 15) is 9.59 Å². The lowest BCUT2D eigenvalue weighted by Gasteiger charge is -2.06. The molecule has 0 aliphatic rings. The number of aryl methyl sites for hydroxylation is 1. The number of carbonyl (C=O) groups excluding carboxylic acids is 2. The molecule has 1 heterocycles. The molecule has 0 bridgehead atoms. The summed E-state index contributed by atoms with van der Waals surface area (Å²) in [4.78, 5) is 24.2. The van der Waals surface area contributed by atoms with Gasteiger partial charge in [0.05, 0.1) is 18.1 Å². The number of carbonyl (C=O) groups is 2. The molecule has 6 nitrogen and oxygen atoms in total. The van der Waals surface area contributed by atoms with E-state index in [1.807, 2.05) is 31.2 Å². The number of ether oxygens (including phenoxy) is 1. The molecule has 0 radical (unpaired) electrons. The van der Waals surface area contributed by atoms with Crippen molar-refractivity contribution in [2.75, 3.05) is 12.4 Å². The van der Waals surface area contributed by atoms with Crippen molar-refractivity contribution in [3.05, 3.63) is 83.4 Å². The van der Waals surface area contributed by atoms with Crippen LogP contribution in [0, 0.1) is 6.92 Å².